The lowest BCUT2D eigenvalue weighted by Crippen LogP contribution is -2.43. The lowest BCUT2D eigenvalue weighted by atomic mass is 9.93. The molecule has 3 amide bonds. The minimum absolute atomic E-state index is 0.0907. The van der Waals surface area contributed by atoms with E-state index in [2.05, 4.69) is 5.16 Å². The lowest BCUT2D eigenvalue weighted by molar-refractivity contribution is 0.0987. The molecular weight excluding hydrogens is 313 g/mol. The second kappa shape index (κ2) is 6.43. The van der Waals surface area contributed by atoms with Crippen LogP contribution in [0.3, 0.4) is 0 Å². The largest absolute Gasteiger partial charge is 0.359 e. The second-order valence-corrected chi connectivity index (χ2v) is 6.62. The first kappa shape index (κ1) is 17.7. The van der Waals surface area contributed by atoms with Crippen LogP contribution in [-0.4, -0.2) is 36.1 Å². The highest BCUT2D eigenvalue weighted by Gasteiger charge is 2.31. The Morgan fingerprint density at radius 3 is 2.17 bits per heavy atom. The predicted molar refractivity (Wildman–Crippen MR) is 87.5 cm³/mol. The molecule has 0 saturated heterocycles. The van der Waals surface area contributed by atoms with E-state index in [0.29, 0.717) is 5.76 Å². The van der Waals surface area contributed by atoms with Crippen LogP contribution in [0.25, 0.3) is 0 Å². The van der Waals surface area contributed by atoms with Crippen molar-refractivity contribution in [3.63, 3.8) is 0 Å². The third kappa shape index (κ3) is 3.61. The van der Waals surface area contributed by atoms with E-state index in [4.69, 9.17) is 4.52 Å². The second-order valence-electron chi connectivity index (χ2n) is 6.62. The molecule has 2 rings (SSSR count). The van der Waals surface area contributed by atoms with Crippen LogP contribution in [0.2, 0.25) is 0 Å². The molecule has 0 N–H and O–H groups in total. The molecule has 24 heavy (non-hydrogen) atoms. The highest BCUT2D eigenvalue weighted by Crippen LogP contribution is 2.27. The molecule has 0 radical (unpaired) electrons. The van der Waals surface area contributed by atoms with Gasteiger partial charge in [-0.15, -0.1) is 0 Å². The van der Waals surface area contributed by atoms with Gasteiger partial charge >= 0.3 is 6.03 Å². The molecule has 0 atom stereocenters. The number of anilines is 1. The zero-order valence-corrected chi connectivity index (χ0v) is 14.3. The number of carbonyl (C=O) groups excluding carboxylic acids is 2. The van der Waals surface area contributed by atoms with Gasteiger partial charge in [-0.25, -0.2) is 14.1 Å². The van der Waals surface area contributed by atoms with Crippen molar-refractivity contribution >= 4 is 17.8 Å². The van der Waals surface area contributed by atoms with Gasteiger partial charge in [0.05, 0.1) is 0 Å². The van der Waals surface area contributed by atoms with Crippen LogP contribution in [0.1, 0.15) is 36.9 Å². The number of hydrogen-bond acceptors (Lipinski definition) is 4. The van der Waals surface area contributed by atoms with Crippen molar-refractivity contribution in [3.8, 4) is 0 Å². The maximum absolute atomic E-state index is 13.1. The number of hydrogen-bond donors (Lipinski definition) is 0. The molecule has 6 nitrogen and oxygen atoms in total. The van der Waals surface area contributed by atoms with Crippen LogP contribution >= 0.6 is 0 Å². The predicted octanol–water partition coefficient (Wildman–Crippen LogP) is 3.44. The van der Waals surface area contributed by atoms with Gasteiger partial charge in [0, 0.05) is 31.1 Å². The van der Waals surface area contributed by atoms with E-state index in [0.717, 1.165) is 17.0 Å². The highest BCUT2D eigenvalue weighted by atomic mass is 19.1. The molecule has 1 aromatic carbocycles. The fourth-order valence-electron chi connectivity index (χ4n) is 1.94. The zero-order valence-electron chi connectivity index (χ0n) is 14.3. The first-order valence-corrected chi connectivity index (χ1v) is 7.40. The van der Waals surface area contributed by atoms with Crippen LogP contribution < -0.4 is 4.90 Å². The van der Waals surface area contributed by atoms with Gasteiger partial charge < -0.3 is 9.42 Å². The van der Waals surface area contributed by atoms with E-state index in [1.54, 1.807) is 6.07 Å². The Labute approximate surface area is 139 Å². The van der Waals surface area contributed by atoms with E-state index < -0.39 is 17.8 Å². The van der Waals surface area contributed by atoms with Crippen LogP contribution in [0.15, 0.2) is 34.9 Å². The van der Waals surface area contributed by atoms with Crippen molar-refractivity contribution in [1.29, 1.82) is 0 Å². The van der Waals surface area contributed by atoms with Crippen molar-refractivity contribution in [1.82, 2.24) is 10.1 Å². The number of rotatable bonds is 2. The summed E-state index contributed by atoms with van der Waals surface area (Å²) in [6.45, 7) is 5.78. The van der Waals surface area contributed by atoms with E-state index >= 15 is 0 Å². The van der Waals surface area contributed by atoms with Crippen molar-refractivity contribution in [2.75, 3.05) is 19.0 Å². The number of aromatic nitrogens is 1. The molecule has 1 heterocycles. The Bertz CT molecular complexity index is 745. The standard InChI is InChI=1S/C17H20FN3O3/c1-17(2,3)13-10-14(19-24-13)21(16(23)20(4)5)15(22)11-6-8-12(18)9-7-11/h6-10H,1-5H3. The summed E-state index contributed by atoms with van der Waals surface area (Å²) < 4.78 is 18.3. The molecule has 0 saturated carbocycles. The van der Waals surface area contributed by atoms with Crippen molar-refractivity contribution < 1.29 is 18.5 Å². The normalized spacial score (nSPS) is 11.2. The van der Waals surface area contributed by atoms with E-state index in [1.165, 1.54) is 31.1 Å². The topological polar surface area (TPSA) is 66.7 Å². The number of imide groups is 1. The average molecular weight is 333 g/mol. The van der Waals surface area contributed by atoms with Gasteiger partial charge in [0.2, 0.25) is 0 Å². The van der Waals surface area contributed by atoms with Crippen LogP contribution in [0, 0.1) is 5.82 Å². The SMILES string of the molecule is CN(C)C(=O)N(C(=O)c1ccc(F)cc1)c1cc(C(C)(C)C)on1. The summed E-state index contributed by atoms with van der Waals surface area (Å²) in [5, 5.41) is 3.86. The molecule has 0 bridgehead atoms. The van der Waals surface area contributed by atoms with Crippen LogP contribution in [-0.2, 0) is 5.41 Å². The molecule has 128 valence electrons. The average Bonchev–Trinajstić information content (AvgIpc) is 2.97. The lowest BCUT2D eigenvalue weighted by Gasteiger charge is -2.22. The highest BCUT2D eigenvalue weighted by molar-refractivity contribution is 6.20. The van der Waals surface area contributed by atoms with E-state index in [9.17, 15) is 14.0 Å². The fraction of sp³-hybridized carbons (Fsp3) is 0.353. The summed E-state index contributed by atoms with van der Waals surface area (Å²) in [6, 6.07) is 5.95. The summed E-state index contributed by atoms with van der Waals surface area (Å²) in [4.78, 5) is 27.4. The van der Waals surface area contributed by atoms with Crippen LogP contribution in [0.4, 0.5) is 15.0 Å². The Morgan fingerprint density at radius 1 is 1.12 bits per heavy atom. The summed E-state index contributed by atoms with van der Waals surface area (Å²) in [5.41, 5.74) is -0.149. The molecular formula is C17H20FN3O3. The Hall–Kier alpha value is -2.70. The molecule has 0 aliphatic rings. The van der Waals surface area contributed by atoms with Crippen molar-refractivity contribution in [2.45, 2.75) is 26.2 Å². The number of urea groups is 1. The number of halogens is 1. The van der Waals surface area contributed by atoms with E-state index in [-0.39, 0.29) is 16.8 Å². The maximum atomic E-state index is 13.1. The van der Waals surface area contributed by atoms with Crippen molar-refractivity contribution in [3.05, 3.63) is 47.5 Å². The molecule has 0 spiro atoms. The zero-order chi connectivity index (χ0) is 18.1. The summed E-state index contributed by atoms with van der Waals surface area (Å²) >= 11 is 0. The summed E-state index contributed by atoms with van der Waals surface area (Å²) in [5.74, 6) is -0.440. The third-order valence-electron chi connectivity index (χ3n) is 3.33. The molecule has 7 heteroatoms. The Morgan fingerprint density at radius 2 is 1.71 bits per heavy atom. The number of amides is 3. The Balaban J connectivity index is 2.45. The first-order chi connectivity index (χ1) is 11.1. The summed E-state index contributed by atoms with van der Waals surface area (Å²) in [7, 11) is 3.05. The molecule has 0 fully saturated rings. The van der Waals surface area contributed by atoms with Gasteiger partial charge in [0.25, 0.3) is 5.91 Å². The van der Waals surface area contributed by atoms with Gasteiger partial charge in [-0.3, -0.25) is 4.79 Å². The molecule has 0 aliphatic heterocycles. The smallest absolute Gasteiger partial charge is 0.332 e. The van der Waals surface area contributed by atoms with Gasteiger partial charge in [-0.1, -0.05) is 25.9 Å². The minimum atomic E-state index is -0.609. The summed E-state index contributed by atoms with van der Waals surface area (Å²) in [6.07, 6.45) is 0. The quantitative estimate of drug-likeness (QED) is 0.844. The fourth-order valence-corrected chi connectivity index (χ4v) is 1.94. The maximum Gasteiger partial charge on any atom is 0.332 e. The monoisotopic (exact) mass is 333 g/mol. The molecule has 0 unspecified atom stereocenters. The number of nitrogens with zero attached hydrogens (tertiary/aromatic N) is 3. The third-order valence-corrected chi connectivity index (χ3v) is 3.33. The van der Waals surface area contributed by atoms with E-state index in [1.807, 2.05) is 20.8 Å². The van der Waals surface area contributed by atoms with Gasteiger partial charge in [-0.05, 0) is 24.3 Å². The molecule has 1 aromatic heterocycles. The Kier molecular flexibility index (Phi) is 4.73. The van der Waals surface area contributed by atoms with Crippen LogP contribution in [0.5, 0.6) is 0 Å². The molecule has 2 aromatic rings. The van der Waals surface area contributed by atoms with Gasteiger partial charge in [-0.2, -0.15) is 0 Å². The first-order valence-electron chi connectivity index (χ1n) is 7.40. The molecule has 0 aliphatic carbocycles. The number of carbonyl (C=O) groups is 2. The van der Waals surface area contributed by atoms with Crippen molar-refractivity contribution in [2.24, 2.45) is 0 Å². The number of benzene rings is 1. The van der Waals surface area contributed by atoms with Gasteiger partial charge in [0.15, 0.2) is 5.82 Å². The minimum Gasteiger partial charge on any atom is -0.359 e. The van der Waals surface area contributed by atoms with Gasteiger partial charge in [0.1, 0.15) is 11.6 Å².